The molecule has 2 heterocycles. The van der Waals surface area contributed by atoms with Crippen LogP contribution in [0.3, 0.4) is 0 Å². The number of ether oxygens (including phenoxy) is 1. The fraction of sp³-hybridized carbons (Fsp3) is 0.609. The Morgan fingerprint density at radius 3 is 2.36 bits per heavy atom. The van der Waals surface area contributed by atoms with Gasteiger partial charge in [0.2, 0.25) is 11.8 Å². The van der Waals surface area contributed by atoms with Crippen molar-refractivity contribution in [1.29, 1.82) is 0 Å². The SMILES string of the molecule is CCOC(=O)N1CCN(C(=O)CCS(=O)(=O)c2ccc3c(c2)CC(C)N3C(=O)C2CC2)CC1. The van der Waals surface area contributed by atoms with E-state index < -0.39 is 15.9 Å². The average Bonchev–Trinajstić information content (AvgIpc) is 3.59. The third kappa shape index (κ3) is 5.00. The smallest absolute Gasteiger partial charge is 0.409 e. The number of hydrogen-bond donors (Lipinski definition) is 0. The van der Waals surface area contributed by atoms with Gasteiger partial charge in [-0.3, -0.25) is 9.59 Å². The normalized spacial score (nSPS) is 20.5. The predicted octanol–water partition coefficient (Wildman–Crippen LogP) is 1.84. The van der Waals surface area contributed by atoms with Gasteiger partial charge < -0.3 is 19.4 Å². The number of amides is 3. The van der Waals surface area contributed by atoms with E-state index in [1.165, 1.54) is 0 Å². The summed E-state index contributed by atoms with van der Waals surface area (Å²) in [4.78, 5) is 42.1. The van der Waals surface area contributed by atoms with Gasteiger partial charge in [-0.25, -0.2) is 13.2 Å². The molecule has 1 aliphatic carbocycles. The molecule has 0 radical (unpaired) electrons. The first-order valence-electron chi connectivity index (χ1n) is 11.6. The zero-order valence-electron chi connectivity index (χ0n) is 19.2. The predicted molar refractivity (Wildman–Crippen MR) is 122 cm³/mol. The van der Waals surface area contributed by atoms with Crippen LogP contribution in [0.2, 0.25) is 0 Å². The van der Waals surface area contributed by atoms with Gasteiger partial charge in [0.05, 0.1) is 17.3 Å². The molecule has 10 heteroatoms. The molecule has 1 saturated carbocycles. The van der Waals surface area contributed by atoms with Gasteiger partial charge in [0, 0.05) is 50.2 Å². The van der Waals surface area contributed by atoms with Gasteiger partial charge in [-0.1, -0.05) is 0 Å². The molecule has 1 aromatic rings. The van der Waals surface area contributed by atoms with Crippen molar-refractivity contribution in [2.24, 2.45) is 5.92 Å². The number of hydrogen-bond acceptors (Lipinski definition) is 6. The van der Waals surface area contributed by atoms with Gasteiger partial charge >= 0.3 is 6.09 Å². The number of piperazine rings is 1. The third-order valence-corrected chi connectivity index (χ3v) is 8.25. The number of carbonyl (C=O) groups is 3. The summed E-state index contributed by atoms with van der Waals surface area (Å²) in [7, 11) is -3.64. The third-order valence-electron chi connectivity index (χ3n) is 6.53. The van der Waals surface area contributed by atoms with Crippen molar-refractivity contribution in [3.05, 3.63) is 23.8 Å². The second-order valence-electron chi connectivity index (χ2n) is 8.96. The van der Waals surface area contributed by atoms with Gasteiger partial charge in [0.15, 0.2) is 9.84 Å². The van der Waals surface area contributed by atoms with Crippen LogP contribution in [-0.2, 0) is 30.6 Å². The number of nitrogens with zero attached hydrogens (tertiary/aromatic N) is 3. The summed E-state index contributed by atoms with van der Waals surface area (Å²) in [6.45, 7) is 5.48. The van der Waals surface area contributed by atoms with E-state index in [1.807, 2.05) is 11.8 Å². The molecule has 1 atom stereocenters. The van der Waals surface area contributed by atoms with Crippen molar-refractivity contribution in [3.8, 4) is 0 Å². The number of benzene rings is 1. The first kappa shape index (κ1) is 23.5. The van der Waals surface area contributed by atoms with Crippen LogP contribution in [0, 0.1) is 5.92 Å². The Morgan fingerprint density at radius 1 is 1.06 bits per heavy atom. The minimum atomic E-state index is -3.64. The summed E-state index contributed by atoms with van der Waals surface area (Å²) in [5.41, 5.74) is 1.66. The minimum absolute atomic E-state index is 0.0147. The van der Waals surface area contributed by atoms with Crippen molar-refractivity contribution >= 4 is 33.4 Å². The van der Waals surface area contributed by atoms with E-state index in [4.69, 9.17) is 4.74 Å². The highest BCUT2D eigenvalue weighted by molar-refractivity contribution is 7.91. The molecule has 2 fully saturated rings. The van der Waals surface area contributed by atoms with Gasteiger partial charge in [-0.15, -0.1) is 0 Å². The van der Waals surface area contributed by atoms with Crippen LogP contribution < -0.4 is 4.90 Å². The lowest BCUT2D eigenvalue weighted by Crippen LogP contribution is -2.50. The van der Waals surface area contributed by atoms with E-state index in [1.54, 1.807) is 34.9 Å². The Morgan fingerprint density at radius 2 is 1.73 bits per heavy atom. The molecule has 4 rings (SSSR count). The quantitative estimate of drug-likeness (QED) is 0.619. The molecule has 9 nitrogen and oxygen atoms in total. The molecule has 0 aromatic heterocycles. The Balaban J connectivity index is 1.35. The van der Waals surface area contributed by atoms with Gasteiger partial charge in [-0.2, -0.15) is 0 Å². The maximum Gasteiger partial charge on any atom is 0.409 e. The number of sulfone groups is 1. The highest BCUT2D eigenvalue weighted by atomic mass is 32.2. The van der Waals surface area contributed by atoms with E-state index in [0.29, 0.717) is 39.2 Å². The zero-order chi connectivity index (χ0) is 23.8. The summed E-state index contributed by atoms with van der Waals surface area (Å²) < 4.78 is 30.8. The molecule has 180 valence electrons. The van der Waals surface area contributed by atoms with Crippen LogP contribution in [0.4, 0.5) is 10.5 Å². The van der Waals surface area contributed by atoms with Crippen LogP contribution >= 0.6 is 0 Å². The fourth-order valence-electron chi connectivity index (χ4n) is 4.51. The molecule has 0 bridgehead atoms. The van der Waals surface area contributed by atoms with Crippen LogP contribution in [-0.4, -0.2) is 80.7 Å². The largest absolute Gasteiger partial charge is 0.450 e. The number of rotatable bonds is 6. The van der Waals surface area contributed by atoms with Gasteiger partial charge in [0.25, 0.3) is 0 Å². The molecule has 0 N–H and O–H groups in total. The molecule has 1 saturated heterocycles. The Hall–Kier alpha value is -2.62. The maximum atomic E-state index is 12.9. The minimum Gasteiger partial charge on any atom is -0.450 e. The van der Waals surface area contributed by atoms with Crippen LogP contribution in [0.5, 0.6) is 0 Å². The first-order chi connectivity index (χ1) is 15.7. The zero-order valence-corrected chi connectivity index (χ0v) is 20.0. The van der Waals surface area contributed by atoms with Crippen LogP contribution in [0.25, 0.3) is 0 Å². The number of anilines is 1. The molecular weight excluding hydrogens is 446 g/mol. The average molecular weight is 478 g/mol. The van der Waals surface area contributed by atoms with E-state index in [9.17, 15) is 22.8 Å². The van der Waals surface area contributed by atoms with Crippen LogP contribution in [0.1, 0.15) is 38.7 Å². The number of fused-ring (bicyclic) bond motifs is 1. The standard InChI is InChI=1S/C23H31N3O6S/c1-3-32-23(29)25-11-9-24(10-12-25)21(27)8-13-33(30,31)19-6-7-20-18(15-19)14-16(2)26(20)22(28)17-4-5-17/h6-7,15-17H,3-5,8-14H2,1-2H3. The van der Waals surface area contributed by atoms with Crippen LogP contribution in [0.15, 0.2) is 23.1 Å². The second kappa shape index (κ2) is 9.32. The summed E-state index contributed by atoms with van der Waals surface area (Å²) in [5.74, 6) is -0.279. The van der Waals surface area contributed by atoms with Crippen molar-refractivity contribution in [1.82, 2.24) is 9.80 Å². The van der Waals surface area contributed by atoms with Crippen molar-refractivity contribution in [2.75, 3.05) is 43.4 Å². The lowest BCUT2D eigenvalue weighted by Gasteiger charge is -2.34. The van der Waals surface area contributed by atoms with Crippen molar-refractivity contribution in [2.45, 2.75) is 50.5 Å². The van der Waals surface area contributed by atoms with E-state index in [-0.39, 0.29) is 40.8 Å². The highest BCUT2D eigenvalue weighted by Crippen LogP contribution is 2.39. The Kier molecular flexibility index (Phi) is 6.65. The van der Waals surface area contributed by atoms with Gasteiger partial charge in [0.1, 0.15) is 0 Å². The number of carbonyl (C=O) groups excluding carboxylic acids is 3. The molecular formula is C23H31N3O6S. The monoisotopic (exact) mass is 477 g/mol. The van der Waals surface area contributed by atoms with E-state index >= 15 is 0 Å². The summed E-state index contributed by atoms with van der Waals surface area (Å²) in [6, 6.07) is 4.94. The lowest BCUT2D eigenvalue weighted by atomic mass is 10.1. The molecule has 0 spiro atoms. The molecule has 3 aliphatic rings. The first-order valence-corrected chi connectivity index (χ1v) is 13.2. The topological polar surface area (TPSA) is 104 Å². The Bertz CT molecular complexity index is 1040. The van der Waals surface area contributed by atoms with E-state index in [2.05, 4.69) is 0 Å². The summed E-state index contributed by atoms with van der Waals surface area (Å²) in [5, 5.41) is 0. The molecule has 3 amide bonds. The maximum absolute atomic E-state index is 12.9. The Labute approximate surface area is 194 Å². The summed E-state index contributed by atoms with van der Waals surface area (Å²) in [6.07, 6.45) is 1.98. The molecule has 2 aliphatic heterocycles. The molecule has 1 aromatic carbocycles. The molecule has 33 heavy (non-hydrogen) atoms. The second-order valence-corrected chi connectivity index (χ2v) is 11.1. The summed E-state index contributed by atoms with van der Waals surface area (Å²) >= 11 is 0. The fourth-order valence-corrected chi connectivity index (χ4v) is 5.79. The lowest BCUT2D eigenvalue weighted by molar-refractivity contribution is -0.132. The molecule has 1 unspecified atom stereocenters. The van der Waals surface area contributed by atoms with Crippen molar-refractivity contribution in [3.63, 3.8) is 0 Å². The highest BCUT2D eigenvalue weighted by Gasteiger charge is 2.39. The van der Waals surface area contributed by atoms with E-state index in [0.717, 1.165) is 24.1 Å². The van der Waals surface area contributed by atoms with Gasteiger partial charge in [-0.05, 0) is 56.9 Å². The van der Waals surface area contributed by atoms with Crippen molar-refractivity contribution < 1.29 is 27.5 Å².